The number of anilines is 2. The number of thioether (sulfide) groups is 1. The maximum absolute atomic E-state index is 13.1. The van der Waals surface area contributed by atoms with Crippen molar-refractivity contribution in [3.63, 3.8) is 0 Å². The molecule has 1 aliphatic heterocycles. The molecule has 1 N–H and O–H groups in total. The summed E-state index contributed by atoms with van der Waals surface area (Å²) >= 11 is 1.61. The number of benzene rings is 3. The minimum atomic E-state index is -0.593. The van der Waals surface area contributed by atoms with Crippen molar-refractivity contribution in [3.8, 4) is 0 Å². The van der Waals surface area contributed by atoms with Gasteiger partial charge in [-0.3, -0.25) is 4.79 Å². The van der Waals surface area contributed by atoms with Crippen molar-refractivity contribution < 1.29 is 4.79 Å². The largest absolute Gasteiger partial charge is 0.378 e. The number of aryl methyl sites for hydroxylation is 2. The van der Waals surface area contributed by atoms with Crippen LogP contribution in [0.15, 0.2) is 65.7 Å². The van der Waals surface area contributed by atoms with Gasteiger partial charge in [0.1, 0.15) is 4.75 Å². The first kappa shape index (κ1) is 26.8. The van der Waals surface area contributed by atoms with E-state index >= 15 is 0 Å². The summed E-state index contributed by atoms with van der Waals surface area (Å²) in [5, 5.41) is 3.77. The Labute approximate surface area is 226 Å². The van der Waals surface area contributed by atoms with E-state index in [9.17, 15) is 4.79 Å². The molecular weight excluding hydrogens is 476 g/mol. The van der Waals surface area contributed by atoms with Crippen LogP contribution in [0.5, 0.6) is 0 Å². The van der Waals surface area contributed by atoms with Crippen LogP contribution in [0.4, 0.5) is 17.1 Å². The molecule has 0 radical (unpaired) electrons. The van der Waals surface area contributed by atoms with Gasteiger partial charge in [0.15, 0.2) is 5.17 Å². The number of rotatable bonds is 4. The minimum Gasteiger partial charge on any atom is -0.378 e. The highest BCUT2D eigenvalue weighted by Crippen LogP contribution is 2.55. The van der Waals surface area contributed by atoms with Crippen molar-refractivity contribution in [1.82, 2.24) is 5.32 Å². The summed E-state index contributed by atoms with van der Waals surface area (Å²) in [6.07, 6.45) is 0. The Morgan fingerprint density at radius 2 is 1.32 bits per heavy atom. The van der Waals surface area contributed by atoms with Crippen molar-refractivity contribution in [3.05, 3.63) is 88.5 Å². The average molecular weight is 515 g/mol. The summed E-state index contributed by atoms with van der Waals surface area (Å²) < 4.78 is -0.593. The number of nitrogens with zero attached hydrogens (tertiary/aromatic N) is 3. The normalized spacial score (nSPS) is 14.5. The fraction of sp³-hybridized carbons (Fsp3) is 0.355. The highest BCUT2D eigenvalue weighted by Gasteiger charge is 2.44. The molecule has 194 valence electrons. The molecule has 37 heavy (non-hydrogen) atoms. The van der Waals surface area contributed by atoms with E-state index in [-0.39, 0.29) is 5.91 Å². The molecule has 0 bridgehead atoms. The zero-order valence-corrected chi connectivity index (χ0v) is 24.2. The fourth-order valence-electron chi connectivity index (χ4n) is 4.62. The molecule has 0 saturated carbocycles. The summed E-state index contributed by atoms with van der Waals surface area (Å²) in [6.45, 7) is 10.0. The Morgan fingerprint density at radius 1 is 0.838 bits per heavy atom. The van der Waals surface area contributed by atoms with Gasteiger partial charge in [0.05, 0.1) is 5.69 Å². The number of aliphatic imine (C=N–C) groups is 1. The quantitative estimate of drug-likeness (QED) is 0.425. The molecule has 1 aliphatic rings. The molecule has 6 heteroatoms. The van der Waals surface area contributed by atoms with Crippen LogP contribution in [0.3, 0.4) is 0 Å². The van der Waals surface area contributed by atoms with Crippen LogP contribution in [-0.2, 0) is 9.54 Å². The summed E-state index contributed by atoms with van der Waals surface area (Å²) in [7, 11) is 8.20. The number of carbonyl (C=O) groups excluding carboxylic acids is 1. The van der Waals surface area contributed by atoms with Crippen molar-refractivity contribution >= 4 is 39.9 Å². The van der Waals surface area contributed by atoms with E-state index in [1.807, 2.05) is 20.8 Å². The van der Waals surface area contributed by atoms with Crippen molar-refractivity contribution in [1.29, 1.82) is 0 Å². The first-order valence-electron chi connectivity index (χ1n) is 12.6. The molecule has 4 rings (SSSR count). The second-order valence-electron chi connectivity index (χ2n) is 11.3. The van der Waals surface area contributed by atoms with Gasteiger partial charge in [-0.2, -0.15) is 0 Å². The lowest BCUT2D eigenvalue weighted by Gasteiger charge is -2.40. The van der Waals surface area contributed by atoms with Crippen molar-refractivity contribution in [2.24, 2.45) is 10.4 Å². The van der Waals surface area contributed by atoms with Crippen LogP contribution in [0.1, 0.15) is 48.6 Å². The predicted molar refractivity (Wildman–Crippen MR) is 160 cm³/mol. The van der Waals surface area contributed by atoms with Crippen LogP contribution >= 0.6 is 11.8 Å². The lowest BCUT2D eigenvalue weighted by molar-refractivity contribution is -0.126. The topological polar surface area (TPSA) is 47.9 Å². The molecule has 3 aromatic rings. The van der Waals surface area contributed by atoms with Crippen molar-refractivity contribution in [2.45, 2.75) is 39.4 Å². The Morgan fingerprint density at radius 3 is 1.76 bits per heavy atom. The van der Waals surface area contributed by atoms with Gasteiger partial charge in [-0.25, -0.2) is 4.99 Å². The second kappa shape index (κ2) is 9.90. The minimum absolute atomic E-state index is 0.0493. The van der Waals surface area contributed by atoms with E-state index in [0.717, 1.165) is 39.3 Å². The molecule has 5 nitrogen and oxygen atoms in total. The molecule has 1 amide bonds. The average Bonchev–Trinajstić information content (AvgIpc) is 2.83. The highest BCUT2D eigenvalue weighted by molar-refractivity contribution is 8.15. The molecule has 3 aromatic carbocycles. The lowest BCUT2D eigenvalue weighted by atomic mass is 9.81. The first-order valence-corrected chi connectivity index (χ1v) is 13.4. The smallest absolute Gasteiger partial charge is 0.231 e. The Bertz CT molecular complexity index is 1280. The molecule has 0 aromatic heterocycles. The molecule has 0 aliphatic carbocycles. The lowest BCUT2D eigenvalue weighted by Crippen LogP contribution is -2.41. The van der Waals surface area contributed by atoms with Crippen LogP contribution in [0, 0.1) is 19.3 Å². The Kier molecular flexibility index (Phi) is 7.17. The van der Waals surface area contributed by atoms with Gasteiger partial charge < -0.3 is 15.1 Å². The predicted octanol–water partition coefficient (Wildman–Crippen LogP) is 6.62. The molecule has 0 spiro atoms. The maximum Gasteiger partial charge on any atom is 0.231 e. The standard InChI is InChI=1S/C31H38N4OS/c1-20-18-21(2)27-26(19-20)31(22-10-14-24(15-11-22)34(6)7,23-12-16-25(17-13-23)35(8)9)37-29(32-27)33-28(36)30(3,4)5/h10-19H,1-9H3,(H,32,33,36). The van der Waals surface area contributed by atoms with Gasteiger partial charge >= 0.3 is 0 Å². The zero-order chi connectivity index (χ0) is 27.1. The van der Waals surface area contributed by atoms with E-state index in [1.165, 1.54) is 5.56 Å². The molecule has 0 saturated heterocycles. The van der Waals surface area contributed by atoms with Gasteiger partial charge in [0.2, 0.25) is 5.91 Å². The van der Waals surface area contributed by atoms with Gasteiger partial charge in [-0.1, -0.05) is 74.5 Å². The summed E-state index contributed by atoms with van der Waals surface area (Å²) in [6, 6.07) is 21.9. The number of nitrogens with one attached hydrogen (secondary N) is 1. The monoisotopic (exact) mass is 514 g/mol. The van der Waals surface area contributed by atoms with E-state index in [0.29, 0.717) is 5.17 Å². The second-order valence-corrected chi connectivity index (χ2v) is 12.5. The summed E-state index contributed by atoms with van der Waals surface area (Å²) in [5.41, 5.74) is 8.37. The van der Waals surface area contributed by atoms with Crippen LogP contribution < -0.4 is 15.1 Å². The van der Waals surface area contributed by atoms with E-state index < -0.39 is 10.2 Å². The summed E-state index contributed by atoms with van der Waals surface area (Å²) in [4.78, 5) is 22.3. The Balaban J connectivity index is 2.01. The van der Waals surface area contributed by atoms with Gasteiger partial charge in [0.25, 0.3) is 0 Å². The third-order valence-corrected chi connectivity index (χ3v) is 8.15. The summed E-state index contributed by atoms with van der Waals surface area (Å²) in [5.74, 6) is -0.0493. The number of hydrogen-bond donors (Lipinski definition) is 1. The fourth-order valence-corrected chi connectivity index (χ4v) is 5.97. The maximum atomic E-state index is 13.1. The van der Waals surface area contributed by atoms with Crippen molar-refractivity contribution in [2.75, 3.05) is 38.0 Å². The third-order valence-electron chi connectivity index (χ3n) is 6.77. The van der Waals surface area contributed by atoms with Gasteiger partial charge in [-0.05, 0) is 54.8 Å². The molecular formula is C31H38N4OS. The number of fused-ring (bicyclic) bond motifs is 1. The van der Waals surface area contributed by atoms with Gasteiger partial charge in [0, 0.05) is 50.5 Å². The molecule has 0 fully saturated rings. The van der Waals surface area contributed by atoms with Gasteiger partial charge in [-0.15, -0.1) is 0 Å². The number of amides is 1. The zero-order valence-electron chi connectivity index (χ0n) is 23.4. The van der Waals surface area contributed by atoms with Crippen LogP contribution in [0.25, 0.3) is 0 Å². The van der Waals surface area contributed by atoms with E-state index in [1.54, 1.807) is 11.8 Å². The SMILES string of the molecule is Cc1cc(C)c2c(c1)C(c1ccc(N(C)C)cc1)(c1ccc(N(C)C)cc1)SC(NC(=O)C(C)(C)C)=N2. The molecule has 0 unspecified atom stereocenters. The van der Waals surface area contributed by atoms with E-state index in [2.05, 4.69) is 118 Å². The Hall–Kier alpha value is -3.25. The van der Waals surface area contributed by atoms with Crippen LogP contribution in [-0.4, -0.2) is 39.3 Å². The highest BCUT2D eigenvalue weighted by atomic mass is 32.2. The third kappa shape index (κ3) is 5.12. The molecule has 1 heterocycles. The molecule has 0 atom stereocenters. The van der Waals surface area contributed by atoms with Crippen LogP contribution in [0.2, 0.25) is 0 Å². The number of carbonyl (C=O) groups is 1. The first-order chi connectivity index (χ1) is 17.3. The number of amidine groups is 1. The number of hydrogen-bond acceptors (Lipinski definition) is 5. The van der Waals surface area contributed by atoms with E-state index in [4.69, 9.17) is 4.99 Å².